The molecule has 0 saturated carbocycles. The molecule has 0 atom stereocenters. The highest BCUT2D eigenvalue weighted by Crippen LogP contribution is 2.23. The molecule has 10 heteroatoms. The van der Waals surface area contributed by atoms with Gasteiger partial charge >= 0.3 is 12.3 Å². The fraction of sp³-hybridized carbons (Fsp3) is 0.100. The average Bonchev–Trinajstić information content (AvgIpc) is 2.37. The van der Waals surface area contributed by atoms with E-state index < -0.39 is 23.7 Å². The van der Waals surface area contributed by atoms with Gasteiger partial charge in [-0.15, -0.1) is 5.10 Å². The van der Waals surface area contributed by atoms with Crippen molar-refractivity contribution in [2.24, 2.45) is 10.2 Å². The molecule has 0 fully saturated rings. The van der Waals surface area contributed by atoms with Crippen LogP contribution in [0.5, 0.6) is 0 Å². The number of alkyl halides is 3. The van der Waals surface area contributed by atoms with Gasteiger partial charge in [-0.1, -0.05) is 28.9 Å². The highest BCUT2D eigenvalue weighted by Gasteiger charge is 2.42. The lowest BCUT2D eigenvalue weighted by atomic mass is 10.1. The molecule has 106 valence electrons. The monoisotopic (exact) mass is 306 g/mol. The molecule has 1 aromatic rings. The van der Waals surface area contributed by atoms with Crippen LogP contribution in [0.25, 0.3) is 0 Å². The summed E-state index contributed by atoms with van der Waals surface area (Å²) in [5.74, 6) is 0. The number of carbonyl (C=O) groups is 1. The SMILES string of the molecule is O=C(O)N1N=C(c2ccc(Cl)cc2)C(C(F)(F)F)=NN1. The van der Waals surface area contributed by atoms with Crippen molar-refractivity contribution >= 4 is 29.1 Å². The zero-order valence-electron chi connectivity index (χ0n) is 9.52. The molecule has 1 aliphatic heterocycles. The Bertz CT molecular complexity index is 598. The van der Waals surface area contributed by atoms with Gasteiger partial charge in [0.15, 0.2) is 5.71 Å². The van der Waals surface area contributed by atoms with Crippen molar-refractivity contribution in [1.82, 2.24) is 10.7 Å². The number of rotatable bonds is 1. The summed E-state index contributed by atoms with van der Waals surface area (Å²) in [6.45, 7) is 0. The number of amides is 1. The van der Waals surface area contributed by atoms with Crippen molar-refractivity contribution in [2.45, 2.75) is 6.18 Å². The Morgan fingerprint density at radius 2 is 1.90 bits per heavy atom. The molecule has 0 spiro atoms. The molecule has 1 heterocycles. The van der Waals surface area contributed by atoms with E-state index in [0.29, 0.717) is 5.02 Å². The van der Waals surface area contributed by atoms with E-state index in [-0.39, 0.29) is 10.7 Å². The Labute approximate surface area is 115 Å². The third-order valence-corrected chi connectivity index (χ3v) is 2.50. The molecule has 0 radical (unpaired) electrons. The molecular formula is C10H6ClF3N4O2. The first-order chi connectivity index (χ1) is 9.29. The normalized spacial score (nSPS) is 15.3. The Hall–Kier alpha value is -2.29. The van der Waals surface area contributed by atoms with Crippen LogP contribution in [0.1, 0.15) is 5.56 Å². The number of hydrogen-bond acceptors (Lipinski definition) is 4. The fourth-order valence-electron chi connectivity index (χ4n) is 1.41. The van der Waals surface area contributed by atoms with E-state index in [4.69, 9.17) is 16.7 Å². The summed E-state index contributed by atoms with van der Waals surface area (Å²) in [7, 11) is 0. The molecule has 1 aliphatic rings. The lowest BCUT2D eigenvalue weighted by molar-refractivity contribution is -0.0581. The number of hydrogen-bond donors (Lipinski definition) is 2. The maximum absolute atomic E-state index is 12.8. The van der Waals surface area contributed by atoms with Gasteiger partial charge in [0.1, 0.15) is 5.71 Å². The Kier molecular flexibility index (Phi) is 3.53. The van der Waals surface area contributed by atoms with Crippen molar-refractivity contribution < 1.29 is 23.1 Å². The van der Waals surface area contributed by atoms with E-state index >= 15 is 0 Å². The molecule has 2 N–H and O–H groups in total. The first kappa shape index (κ1) is 14.1. The lowest BCUT2D eigenvalue weighted by Crippen LogP contribution is -2.45. The van der Waals surface area contributed by atoms with Gasteiger partial charge in [-0.25, -0.2) is 4.79 Å². The van der Waals surface area contributed by atoms with E-state index in [1.807, 2.05) is 0 Å². The molecule has 1 amide bonds. The minimum atomic E-state index is -4.78. The third kappa shape index (κ3) is 2.82. The summed E-state index contributed by atoms with van der Waals surface area (Å²) in [5.41, 5.74) is -0.223. The van der Waals surface area contributed by atoms with Crippen LogP contribution in [0.4, 0.5) is 18.0 Å². The van der Waals surface area contributed by atoms with E-state index in [1.54, 1.807) is 5.53 Å². The third-order valence-electron chi connectivity index (χ3n) is 2.25. The van der Waals surface area contributed by atoms with Crippen molar-refractivity contribution in [2.75, 3.05) is 0 Å². The number of hydrazone groups is 2. The van der Waals surface area contributed by atoms with Gasteiger partial charge in [0, 0.05) is 10.6 Å². The number of nitrogens with one attached hydrogen (secondary N) is 1. The molecule has 0 bridgehead atoms. The van der Waals surface area contributed by atoms with E-state index in [9.17, 15) is 18.0 Å². The summed E-state index contributed by atoms with van der Waals surface area (Å²) in [6, 6.07) is 5.29. The van der Waals surface area contributed by atoms with Gasteiger partial charge in [-0.2, -0.15) is 23.8 Å². The van der Waals surface area contributed by atoms with Crippen LogP contribution in [-0.2, 0) is 0 Å². The molecule has 0 aromatic heterocycles. The molecule has 0 saturated heterocycles. The maximum atomic E-state index is 12.8. The van der Waals surface area contributed by atoms with Crippen molar-refractivity contribution in [3.8, 4) is 0 Å². The molecular weight excluding hydrogens is 301 g/mol. The largest absolute Gasteiger partial charge is 0.462 e. The minimum absolute atomic E-state index is 0.0400. The lowest BCUT2D eigenvalue weighted by Gasteiger charge is -2.22. The first-order valence-corrected chi connectivity index (χ1v) is 5.45. The van der Waals surface area contributed by atoms with E-state index in [2.05, 4.69) is 10.2 Å². The smallest absolute Gasteiger partial charge is 0.449 e. The molecule has 1 aromatic carbocycles. The van der Waals surface area contributed by atoms with Crippen LogP contribution in [0.15, 0.2) is 34.5 Å². The molecule has 0 unspecified atom stereocenters. The summed E-state index contributed by atoms with van der Waals surface area (Å²) in [4.78, 5) is 10.7. The van der Waals surface area contributed by atoms with Gasteiger partial charge in [0.25, 0.3) is 0 Å². The quantitative estimate of drug-likeness (QED) is 0.836. The summed E-state index contributed by atoms with van der Waals surface area (Å²) in [5, 5.41) is 15.6. The fourth-order valence-corrected chi connectivity index (χ4v) is 1.53. The van der Waals surface area contributed by atoms with Gasteiger partial charge in [0.05, 0.1) is 0 Å². The second kappa shape index (κ2) is 5.00. The zero-order valence-corrected chi connectivity index (χ0v) is 10.3. The van der Waals surface area contributed by atoms with Gasteiger partial charge in [0.2, 0.25) is 0 Å². The average molecular weight is 307 g/mol. The highest BCUT2D eigenvalue weighted by atomic mass is 35.5. The Balaban J connectivity index is 2.49. The molecule has 0 aliphatic carbocycles. The van der Waals surface area contributed by atoms with Crippen LogP contribution in [0, 0.1) is 0 Å². The number of nitrogens with zero attached hydrogens (tertiary/aromatic N) is 3. The summed E-state index contributed by atoms with van der Waals surface area (Å²) < 4.78 is 38.5. The van der Waals surface area contributed by atoms with Gasteiger partial charge in [-0.3, -0.25) is 0 Å². The van der Waals surface area contributed by atoms with Crippen LogP contribution in [0.2, 0.25) is 5.02 Å². The van der Waals surface area contributed by atoms with E-state index in [0.717, 1.165) is 0 Å². The van der Waals surface area contributed by atoms with Crippen LogP contribution in [0.3, 0.4) is 0 Å². The van der Waals surface area contributed by atoms with Crippen molar-refractivity contribution in [3.05, 3.63) is 34.9 Å². The standard InChI is InChI=1S/C10H6ClF3N4O2/c11-6-3-1-5(2-4-6)7-8(10(12,13)14)15-17-18(16-7)9(19)20/h1-4,17H,(H,19,20). The van der Waals surface area contributed by atoms with Crippen molar-refractivity contribution in [3.63, 3.8) is 0 Å². The predicted molar refractivity (Wildman–Crippen MR) is 64.5 cm³/mol. The predicted octanol–water partition coefficient (Wildman–Crippen LogP) is 2.46. The Morgan fingerprint density at radius 1 is 1.30 bits per heavy atom. The highest BCUT2D eigenvalue weighted by molar-refractivity contribution is 6.50. The van der Waals surface area contributed by atoms with Crippen LogP contribution >= 0.6 is 11.6 Å². The number of benzene rings is 1. The van der Waals surface area contributed by atoms with Crippen LogP contribution < -0.4 is 5.53 Å². The maximum Gasteiger partial charge on any atom is 0.449 e. The summed E-state index contributed by atoms with van der Waals surface area (Å²) in [6.07, 6.45) is -6.38. The van der Waals surface area contributed by atoms with E-state index in [1.165, 1.54) is 24.3 Å². The number of halogens is 4. The van der Waals surface area contributed by atoms with Gasteiger partial charge < -0.3 is 5.11 Å². The minimum Gasteiger partial charge on any atom is -0.462 e. The van der Waals surface area contributed by atoms with Crippen molar-refractivity contribution in [1.29, 1.82) is 0 Å². The number of hydrazine groups is 1. The zero-order chi connectivity index (χ0) is 14.9. The summed E-state index contributed by atoms with van der Waals surface area (Å²) >= 11 is 5.65. The van der Waals surface area contributed by atoms with Crippen LogP contribution in [-0.4, -0.2) is 33.9 Å². The second-order valence-corrected chi connectivity index (χ2v) is 4.04. The molecule has 6 nitrogen and oxygen atoms in total. The molecule has 20 heavy (non-hydrogen) atoms. The topological polar surface area (TPSA) is 77.3 Å². The number of carboxylic acid groups (broad SMARTS) is 1. The van der Waals surface area contributed by atoms with Gasteiger partial charge in [-0.05, 0) is 12.1 Å². The first-order valence-electron chi connectivity index (χ1n) is 5.07. The Morgan fingerprint density at radius 3 is 2.40 bits per heavy atom. The second-order valence-electron chi connectivity index (χ2n) is 3.61. The molecule has 2 rings (SSSR count).